The highest BCUT2D eigenvalue weighted by molar-refractivity contribution is 5.94. The van der Waals surface area contributed by atoms with Gasteiger partial charge in [-0.2, -0.15) is 5.10 Å². The highest BCUT2D eigenvalue weighted by Crippen LogP contribution is 2.33. The van der Waals surface area contributed by atoms with Crippen molar-refractivity contribution in [3.05, 3.63) is 23.3 Å². The summed E-state index contributed by atoms with van der Waals surface area (Å²) in [5.41, 5.74) is 9.70. The smallest absolute Gasteiger partial charge is 0.153 e. The molecule has 0 fully saturated rings. The summed E-state index contributed by atoms with van der Waals surface area (Å²) >= 11 is 0. The Bertz CT molecular complexity index is 544. The first kappa shape index (κ1) is 11.0. The number of anilines is 1. The molecule has 0 bridgehead atoms. The minimum Gasteiger partial charge on any atom is -0.382 e. The molecule has 0 aliphatic heterocycles. The van der Waals surface area contributed by atoms with Gasteiger partial charge < -0.3 is 5.73 Å². The van der Waals surface area contributed by atoms with Crippen LogP contribution < -0.4 is 5.73 Å². The zero-order valence-corrected chi connectivity index (χ0v) is 10.6. The molecule has 86 valence electrons. The molecule has 16 heavy (non-hydrogen) atoms. The predicted molar refractivity (Wildman–Crippen MR) is 68.6 cm³/mol. The number of aryl methyl sites for hydroxylation is 2. The van der Waals surface area contributed by atoms with Crippen LogP contribution in [0.25, 0.3) is 10.9 Å². The molecule has 2 N–H and O–H groups in total. The summed E-state index contributed by atoms with van der Waals surface area (Å²) in [6.07, 6.45) is 0. The van der Waals surface area contributed by atoms with Crippen LogP contribution in [0.4, 0.5) is 5.82 Å². The first-order valence-corrected chi connectivity index (χ1v) is 5.54. The molecule has 0 saturated carbocycles. The van der Waals surface area contributed by atoms with Crippen LogP contribution in [0.1, 0.15) is 31.9 Å². The number of nitrogens with two attached hydrogens (primary N) is 1. The molecular formula is C13H19N3. The van der Waals surface area contributed by atoms with Crippen molar-refractivity contribution in [3.63, 3.8) is 0 Å². The molecular weight excluding hydrogens is 198 g/mol. The number of nitrogen functional groups attached to an aromatic ring is 1. The van der Waals surface area contributed by atoms with Crippen LogP contribution in [0.15, 0.2) is 12.1 Å². The van der Waals surface area contributed by atoms with Gasteiger partial charge in [0.1, 0.15) is 0 Å². The maximum Gasteiger partial charge on any atom is 0.153 e. The van der Waals surface area contributed by atoms with Gasteiger partial charge in [0.25, 0.3) is 0 Å². The van der Waals surface area contributed by atoms with Crippen LogP contribution in [0.2, 0.25) is 0 Å². The second-order valence-corrected chi connectivity index (χ2v) is 5.41. The third kappa shape index (κ3) is 1.47. The van der Waals surface area contributed by atoms with Crippen molar-refractivity contribution >= 4 is 16.7 Å². The molecule has 0 saturated heterocycles. The second-order valence-electron chi connectivity index (χ2n) is 5.41. The zero-order chi connectivity index (χ0) is 12.1. The predicted octanol–water partition coefficient (Wildman–Crippen LogP) is 2.76. The Hall–Kier alpha value is -1.51. The summed E-state index contributed by atoms with van der Waals surface area (Å²) in [7, 11) is 1.95. The van der Waals surface area contributed by atoms with Crippen molar-refractivity contribution in [2.75, 3.05) is 5.73 Å². The molecule has 1 aromatic heterocycles. The maximum absolute atomic E-state index is 5.96. The lowest BCUT2D eigenvalue weighted by Crippen LogP contribution is -2.13. The Labute approximate surface area is 96.2 Å². The van der Waals surface area contributed by atoms with Crippen LogP contribution in [-0.4, -0.2) is 9.78 Å². The third-order valence-corrected chi connectivity index (χ3v) is 3.03. The molecule has 0 spiro atoms. The monoisotopic (exact) mass is 217 g/mol. The zero-order valence-electron chi connectivity index (χ0n) is 10.6. The van der Waals surface area contributed by atoms with Gasteiger partial charge in [-0.15, -0.1) is 0 Å². The van der Waals surface area contributed by atoms with E-state index in [1.807, 2.05) is 11.7 Å². The van der Waals surface area contributed by atoms with Crippen molar-refractivity contribution in [2.45, 2.75) is 33.1 Å². The maximum atomic E-state index is 5.96. The third-order valence-electron chi connectivity index (χ3n) is 3.03. The van der Waals surface area contributed by atoms with E-state index in [9.17, 15) is 0 Å². The summed E-state index contributed by atoms with van der Waals surface area (Å²) in [6.45, 7) is 8.70. The van der Waals surface area contributed by atoms with E-state index >= 15 is 0 Å². The number of benzene rings is 1. The van der Waals surface area contributed by atoms with E-state index in [0.717, 1.165) is 10.9 Å². The number of aromatic nitrogens is 2. The molecule has 0 radical (unpaired) electrons. The molecule has 2 aromatic rings. The van der Waals surface area contributed by atoms with E-state index < -0.39 is 0 Å². The molecule has 1 heterocycles. The fourth-order valence-corrected chi connectivity index (χ4v) is 2.22. The topological polar surface area (TPSA) is 43.8 Å². The largest absolute Gasteiger partial charge is 0.382 e. The van der Waals surface area contributed by atoms with Gasteiger partial charge in [0.15, 0.2) is 5.82 Å². The van der Waals surface area contributed by atoms with Gasteiger partial charge in [-0.3, -0.25) is 4.68 Å². The second kappa shape index (κ2) is 3.24. The van der Waals surface area contributed by atoms with E-state index in [4.69, 9.17) is 5.73 Å². The Morgan fingerprint density at radius 2 is 1.88 bits per heavy atom. The van der Waals surface area contributed by atoms with E-state index in [2.05, 4.69) is 44.9 Å². The van der Waals surface area contributed by atoms with Gasteiger partial charge in [0, 0.05) is 12.4 Å². The Morgan fingerprint density at radius 3 is 2.44 bits per heavy atom. The highest BCUT2D eigenvalue weighted by Gasteiger charge is 2.21. The lowest BCUT2D eigenvalue weighted by atomic mass is 9.85. The number of hydrogen-bond acceptors (Lipinski definition) is 2. The quantitative estimate of drug-likeness (QED) is 0.737. The molecule has 0 aliphatic carbocycles. The van der Waals surface area contributed by atoms with E-state index in [-0.39, 0.29) is 5.41 Å². The van der Waals surface area contributed by atoms with Crippen molar-refractivity contribution in [2.24, 2.45) is 7.05 Å². The minimum absolute atomic E-state index is 0.103. The van der Waals surface area contributed by atoms with Gasteiger partial charge in [0.2, 0.25) is 0 Å². The Kier molecular flexibility index (Phi) is 2.22. The van der Waals surface area contributed by atoms with Crippen molar-refractivity contribution in [1.29, 1.82) is 0 Å². The summed E-state index contributed by atoms with van der Waals surface area (Å²) in [5.74, 6) is 0.626. The molecule has 2 rings (SSSR count). The average Bonchev–Trinajstić information content (AvgIpc) is 2.42. The number of fused-ring (bicyclic) bond motifs is 1. The van der Waals surface area contributed by atoms with Crippen molar-refractivity contribution < 1.29 is 0 Å². The number of hydrogen-bond donors (Lipinski definition) is 1. The summed E-state index contributed by atoms with van der Waals surface area (Å²) in [4.78, 5) is 0. The fraction of sp³-hybridized carbons (Fsp3) is 0.462. The Balaban J connectivity index is 2.94. The first-order chi connectivity index (χ1) is 7.32. The number of rotatable bonds is 0. The van der Waals surface area contributed by atoms with E-state index in [0.29, 0.717) is 5.82 Å². The highest BCUT2D eigenvalue weighted by atomic mass is 15.3. The lowest BCUT2D eigenvalue weighted by Gasteiger charge is -2.21. The van der Waals surface area contributed by atoms with Crippen molar-refractivity contribution in [3.8, 4) is 0 Å². The van der Waals surface area contributed by atoms with E-state index in [1.165, 1.54) is 11.1 Å². The van der Waals surface area contributed by atoms with E-state index in [1.54, 1.807) is 0 Å². The van der Waals surface area contributed by atoms with Crippen LogP contribution in [-0.2, 0) is 12.5 Å². The van der Waals surface area contributed by atoms with Crippen LogP contribution in [0.5, 0.6) is 0 Å². The molecule has 3 heteroatoms. The van der Waals surface area contributed by atoms with Crippen molar-refractivity contribution in [1.82, 2.24) is 9.78 Å². The van der Waals surface area contributed by atoms with Crippen LogP contribution in [0.3, 0.4) is 0 Å². The molecule has 1 aromatic carbocycles. The summed E-state index contributed by atoms with van der Waals surface area (Å²) in [6, 6.07) is 4.31. The molecule has 0 aliphatic rings. The fourth-order valence-electron chi connectivity index (χ4n) is 2.22. The SMILES string of the molecule is Cc1ccc(C(C)(C)C)c2c1c(N)nn2C. The van der Waals surface area contributed by atoms with Gasteiger partial charge in [-0.05, 0) is 23.5 Å². The van der Waals surface area contributed by atoms with Gasteiger partial charge in [-0.25, -0.2) is 0 Å². The molecule has 0 unspecified atom stereocenters. The standard InChI is InChI=1S/C13H19N3/c1-8-6-7-9(13(2,3)4)11-10(8)12(14)15-16(11)5/h6-7H,1-5H3,(H2,14,15). The summed E-state index contributed by atoms with van der Waals surface area (Å²) < 4.78 is 1.89. The van der Waals surface area contributed by atoms with Gasteiger partial charge in [0.05, 0.1) is 5.52 Å². The van der Waals surface area contributed by atoms with Crippen LogP contribution >= 0.6 is 0 Å². The van der Waals surface area contributed by atoms with Crippen LogP contribution in [0, 0.1) is 6.92 Å². The molecule has 3 nitrogen and oxygen atoms in total. The Morgan fingerprint density at radius 1 is 1.25 bits per heavy atom. The molecule has 0 atom stereocenters. The summed E-state index contributed by atoms with van der Waals surface area (Å²) in [5, 5.41) is 5.41. The normalized spacial score (nSPS) is 12.3. The first-order valence-electron chi connectivity index (χ1n) is 5.54. The van der Waals surface area contributed by atoms with Gasteiger partial charge in [-0.1, -0.05) is 32.9 Å². The minimum atomic E-state index is 0.103. The lowest BCUT2D eigenvalue weighted by molar-refractivity contribution is 0.590. The molecule has 0 amide bonds. The average molecular weight is 217 g/mol. The number of nitrogens with zero attached hydrogens (tertiary/aromatic N) is 2. The van der Waals surface area contributed by atoms with Gasteiger partial charge >= 0.3 is 0 Å².